The van der Waals surface area contributed by atoms with Crippen molar-refractivity contribution in [3.05, 3.63) is 45.5 Å². The highest BCUT2D eigenvalue weighted by Crippen LogP contribution is 2.16. The second-order valence-corrected chi connectivity index (χ2v) is 3.86. The number of carbonyl (C=O) groups is 2. The molecular formula is C13H13NO5. The van der Waals surface area contributed by atoms with Crippen LogP contribution in [0.25, 0.3) is 6.08 Å². The van der Waals surface area contributed by atoms with Crippen LogP contribution in [0, 0.1) is 10.1 Å². The topological polar surface area (TPSA) is 86.5 Å². The van der Waals surface area contributed by atoms with Crippen LogP contribution in [0.15, 0.2) is 29.8 Å². The Hall–Kier alpha value is -2.50. The number of benzene rings is 1. The molecule has 1 aromatic carbocycles. The van der Waals surface area contributed by atoms with Crippen LogP contribution in [0.3, 0.4) is 0 Å². The Kier molecular flexibility index (Phi) is 4.93. The summed E-state index contributed by atoms with van der Waals surface area (Å²) in [5, 5.41) is 10.6. The third-order valence-corrected chi connectivity index (χ3v) is 2.44. The molecule has 1 rings (SSSR count). The Labute approximate surface area is 109 Å². The third-order valence-electron chi connectivity index (χ3n) is 2.44. The van der Waals surface area contributed by atoms with Gasteiger partial charge in [-0.25, -0.2) is 0 Å². The maximum Gasteiger partial charge on any atom is 0.313 e. The van der Waals surface area contributed by atoms with Gasteiger partial charge in [-0.05, 0) is 24.1 Å². The lowest BCUT2D eigenvalue weighted by atomic mass is 10.1. The fraction of sp³-hybridized carbons (Fsp3) is 0.231. The van der Waals surface area contributed by atoms with E-state index in [1.165, 1.54) is 31.4 Å². The van der Waals surface area contributed by atoms with E-state index in [1.807, 2.05) is 0 Å². The molecule has 0 aliphatic heterocycles. The number of nitrogens with zero attached hydrogens (tertiary/aromatic N) is 1. The maximum atomic E-state index is 11.6. The molecule has 0 saturated carbocycles. The van der Waals surface area contributed by atoms with Crippen molar-refractivity contribution >= 4 is 23.5 Å². The summed E-state index contributed by atoms with van der Waals surface area (Å²) in [6, 6.07) is 5.89. The van der Waals surface area contributed by atoms with Crippen molar-refractivity contribution in [2.75, 3.05) is 7.11 Å². The quantitative estimate of drug-likeness (QED) is 0.267. The van der Waals surface area contributed by atoms with Crippen molar-refractivity contribution < 1.29 is 19.2 Å². The minimum absolute atomic E-state index is 0.0537. The van der Waals surface area contributed by atoms with E-state index >= 15 is 0 Å². The van der Waals surface area contributed by atoms with Crippen LogP contribution in [-0.2, 0) is 14.3 Å². The molecule has 0 aliphatic carbocycles. The number of ether oxygens (including phenoxy) is 1. The minimum atomic E-state index is -0.614. The predicted molar refractivity (Wildman–Crippen MR) is 68.4 cm³/mol. The van der Waals surface area contributed by atoms with Gasteiger partial charge in [-0.3, -0.25) is 19.7 Å². The standard InChI is InChI=1S/C13H13NO5/c1-9(12(15)8-13(16)19-2)6-10-4-3-5-11(7-10)14(17)18/h3-7H,8H2,1-2H3. The van der Waals surface area contributed by atoms with Crippen LogP contribution in [0.5, 0.6) is 0 Å². The number of Topliss-reactive ketones (excluding diaryl/α,β-unsaturated/α-hetero) is 1. The van der Waals surface area contributed by atoms with E-state index in [2.05, 4.69) is 4.74 Å². The molecule has 0 atom stereocenters. The highest BCUT2D eigenvalue weighted by molar-refractivity contribution is 6.07. The van der Waals surface area contributed by atoms with Crippen molar-refractivity contribution in [3.63, 3.8) is 0 Å². The number of ketones is 1. The summed E-state index contributed by atoms with van der Waals surface area (Å²) < 4.78 is 4.40. The van der Waals surface area contributed by atoms with E-state index in [1.54, 1.807) is 13.0 Å². The first-order valence-electron chi connectivity index (χ1n) is 5.47. The second kappa shape index (κ2) is 6.44. The van der Waals surface area contributed by atoms with Crippen LogP contribution in [-0.4, -0.2) is 23.8 Å². The number of nitro benzene ring substituents is 1. The van der Waals surface area contributed by atoms with Gasteiger partial charge in [-0.2, -0.15) is 0 Å². The molecule has 0 radical (unpaired) electrons. The number of nitro groups is 1. The highest BCUT2D eigenvalue weighted by Gasteiger charge is 2.12. The molecule has 0 unspecified atom stereocenters. The molecule has 1 aromatic rings. The molecule has 0 aromatic heterocycles. The molecule has 0 fully saturated rings. The Morgan fingerprint density at radius 1 is 1.42 bits per heavy atom. The first-order chi connectivity index (χ1) is 8.93. The fourth-order valence-electron chi connectivity index (χ4n) is 1.40. The summed E-state index contributed by atoms with van der Waals surface area (Å²) in [4.78, 5) is 32.7. The summed E-state index contributed by atoms with van der Waals surface area (Å²) in [5.41, 5.74) is 0.817. The first kappa shape index (κ1) is 14.6. The lowest BCUT2D eigenvalue weighted by Crippen LogP contribution is -2.09. The molecule has 0 amide bonds. The van der Waals surface area contributed by atoms with Crippen LogP contribution in [0.4, 0.5) is 5.69 Å². The van der Waals surface area contributed by atoms with Gasteiger partial charge >= 0.3 is 5.97 Å². The van der Waals surface area contributed by atoms with Crippen molar-refractivity contribution in [1.82, 2.24) is 0 Å². The first-order valence-corrected chi connectivity index (χ1v) is 5.47. The lowest BCUT2D eigenvalue weighted by molar-refractivity contribution is -0.384. The molecule has 0 bridgehead atoms. The van der Waals surface area contributed by atoms with Crippen LogP contribution < -0.4 is 0 Å². The number of allylic oxidation sites excluding steroid dienone is 1. The third kappa shape index (κ3) is 4.34. The van der Waals surface area contributed by atoms with Gasteiger partial charge in [-0.15, -0.1) is 0 Å². The predicted octanol–water partition coefficient (Wildman–Crippen LogP) is 2.13. The average molecular weight is 263 g/mol. The van der Waals surface area contributed by atoms with Gasteiger partial charge in [0, 0.05) is 12.1 Å². The molecule has 6 heteroatoms. The fourth-order valence-corrected chi connectivity index (χ4v) is 1.40. The molecule has 0 aliphatic rings. The average Bonchev–Trinajstić information content (AvgIpc) is 2.38. The zero-order chi connectivity index (χ0) is 14.4. The molecule has 0 saturated heterocycles. The number of hydrogen-bond donors (Lipinski definition) is 0. The van der Waals surface area contributed by atoms with E-state index in [0.29, 0.717) is 11.1 Å². The van der Waals surface area contributed by atoms with Crippen molar-refractivity contribution in [1.29, 1.82) is 0 Å². The second-order valence-electron chi connectivity index (χ2n) is 3.86. The van der Waals surface area contributed by atoms with E-state index < -0.39 is 10.9 Å². The Balaban J connectivity index is 2.89. The van der Waals surface area contributed by atoms with Gasteiger partial charge in [-0.1, -0.05) is 12.1 Å². The summed E-state index contributed by atoms with van der Waals surface area (Å²) >= 11 is 0. The van der Waals surface area contributed by atoms with Crippen LogP contribution in [0.2, 0.25) is 0 Å². The van der Waals surface area contributed by atoms with Gasteiger partial charge in [0.25, 0.3) is 5.69 Å². The van der Waals surface area contributed by atoms with Gasteiger partial charge in [0.05, 0.1) is 12.0 Å². The van der Waals surface area contributed by atoms with Crippen molar-refractivity contribution in [2.45, 2.75) is 13.3 Å². The monoisotopic (exact) mass is 263 g/mol. The molecular weight excluding hydrogens is 250 g/mol. The molecule has 19 heavy (non-hydrogen) atoms. The highest BCUT2D eigenvalue weighted by atomic mass is 16.6. The Morgan fingerprint density at radius 3 is 2.68 bits per heavy atom. The van der Waals surface area contributed by atoms with Gasteiger partial charge in [0.1, 0.15) is 6.42 Å². The Morgan fingerprint density at radius 2 is 2.11 bits per heavy atom. The van der Waals surface area contributed by atoms with Gasteiger partial charge < -0.3 is 4.74 Å². The zero-order valence-electron chi connectivity index (χ0n) is 10.6. The summed E-state index contributed by atoms with van der Waals surface area (Å²) in [7, 11) is 1.20. The number of rotatable bonds is 5. The summed E-state index contributed by atoms with van der Waals surface area (Å²) in [6.45, 7) is 1.55. The summed E-state index contributed by atoms with van der Waals surface area (Å²) in [5.74, 6) is -0.991. The molecule has 100 valence electrons. The summed E-state index contributed by atoms with van der Waals surface area (Å²) in [6.07, 6.45) is 1.16. The van der Waals surface area contributed by atoms with Gasteiger partial charge in [0.2, 0.25) is 0 Å². The number of carbonyl (C=O) groups excluding carboxylic acids is 2. The van der Waals surface area contributed by atoms with E-state index in [-0.39, 0.29) is 17.9 Å². The molecule has 0 spiro atoms. The maximum absolute atomic E-state index is 11.6. The van der Waals surface area contributed by atoms with E-state index in [4.69, 9.17) is 0 Å². The Bertz CT molecular complexity index is 548. The van der Waals surface area contributed by atoms with E-state index in [9.17, 15) is 19.7 Å². The van der Waals surface area contributed by atoms with Crippen LogP contribution in [0.1, 0.15) is 18.9 Å². The number of esters is 1. The molecule has 0 heterocycles. The van der Waals surface area contributed by atoms with Gasteiger partial charge in [0.15, 0.2) is 5.78 Å². The normalized spacial score (nSPS) is 10.9. The number of methoxy groups -OCH3 is 1. The SMILES string of the molecule is COC(=O)CC(=O)C(C)=Cc1cccc([N+](=O)[O-])c1. The van der Waals surface area contributed by atoms with E-state index in [0.717, 1.165) is 0 Å². The number of hydrogen-bond acceptors (Lipinski definition) is 5. The lowest BCUT2D eigenvalue weighted by Gasteiger charge is -2.00. The zero-order valence-corrected chi connectivity index (χ0v) is 10.6. The minimum Gasteiger partial charge on any atom is -0.469 e. The van der Waals surface area contributed by atoms with Crippen LogP contribution >= 0.6 is 0 Å². The molecule has 0 N–H and O–H groups in total. The smallest absolute Gasteiger partial charge is 0.313 e. The molecule has 6 nitrogen and oxygen atoms in total. The van der Waals surface area contributed by atoms with Crippen molar-refractivity contribution in [2.24, 2.45) is 0 Å². The van der Waals surface area contributed by atoms with Crippen molar-refractivity contribution in [3.8, 4) is 0 Å². The number of non-ortho nitro benzene ring substituents is 1. The largest absolute Gasteiger partial charge is 0.469 e.